The summed E-state index contributed by atoms with van der Waals surface area (Å²) in [6.45, 7) is 4.34. The van der Waals surface area contributed by atoms with Gasteiger partial charge in [-0.1, -0.05) is 19.9 Å². The molecule has 0 aliphatic carbocycles. The lowest BCUT2D eigenvalue weighted by molar-refractivity contribution is -0.158. The van der Waals surface area contributed by atoms with Gasteiger partial charge < -0.3 is 10.0 Å². The number of rotatable bonds is 3. The van der Waals surface area contributed by atoms with Crippen molar-refractivity contribution in [3.05, 3.63) is 30.1 Å². The summed E-state index contributed by atoms with van der Waals surface area (Å²) in [7, 11) is 0. The van der Waals surface area contributed by atoms with Crippen molar-refractivity contribution in [1.29, 1.82) is 0 Å². The van der Waals surface area contributed by atoms with E-state index in [1.807, 2.05) is 19.9 Å². The highest BCUT2D eigenvalue weighted by atomic mass is 16.4. The molecule has 1 aliphatic heterocycles. The Morgan fingerprint density at radius 3 is 2.85 bits per heavy atom. The zero-order chi connectivity index (χ0) is 14.8. The first-order valence-corrected chi connectivity index (χ1v) is 6.83. The van der Waals surface area contributed by atoms with E-state index in [1.54, 1.807) is 18.5 Å². The van der Waals surface area contributed by atoms with Crippen LogP contribution >= 0.6 is 0 Å². The number of carbonyl (C=O) groups excluding carboxylic acids is 1. The maximum atomic E-state index is 12.4. The Balaban J connectivity index is 2.17. The van der Waals surface area contributed by atoms with E-state index in [0.717, 1.165) is 18.4 Å². The number of carboxylic acids is 1. The van der Waals surface area contributed by atoms with Crippen molar-refractivity contribution in [2.75, 3.05) is 6.54 Å². The number of amides is 1. The highest BCUT2D eigenvalue weighted by Gasteiger charge is 2.44. The molecular weight excluding hydrogens is 256 g/mol. The Hall–Kier alpha value is -1.91. The fourth-order valence-electron chi connectivity index (χ4n) is 2.91. The third-order valence-electron chi connectivity index (χ3n) is 3.90. The van der Waals surface area contributed by atoms with Gasteiger partial charge in [0.05, 0.1) is 6.42 Å². The maximum absolute atomic E-state index is 12.4. The first-order valence-electron chi connectivity index (χ1n) is 6.83. The Labute approximate surface area is 118 Å². The summed E-state index contributed by atoms with van der Waals surface area (Å²) in [4.78, 5) is 29.4. The average Bonchev–Trinajstić information content (AvgIpc) is 2.37. The Morgan fingerprint density at radius 1 is 1.50 bits per heavy atom. The van der Waals surface area contributed by atoms with E-state index in [1.165, 1.54) is 4.90 Å². The standard InChI is InChI=1S/C15H20N2O3/c1-15(2)6-4-8-17(13(15)14(19)20)12(18)9-11-5-3-7-16-10-11/h3,5,7,10,13H,4,6,8-9H2,1-2H3,(H,19,20). The molecule has 5 heteroatoms. The van der Waals surface area contributed by atoms with Crippen LogP contribution in [0.5, 0.6) is 0 Å². The molecule has 1 amide bonds. The zero-order valence-corrected chi connectivity index (χ0v) is 11.9. The highest BCUT2D eigenvalue weighted by molar-refractivity contribution is 5.85. The fraction of sp³-hybridized carbons (Fsp3) is 0.533. The normalized spacial score (nSPS) is 21.5. The molecule has 0 aromatic carbocycles. The molecule has 5 nitrogen and oxygen atoms in total. The lowest BCUT2D eigenvalue weighted by Crippen LogP contribution is -2.56. The smallest absolute Gasteiger partial charge is 0.326 e. The monoisotopic (exact) mass is 276 g/mol. The molecule has 20 heavy (non-hydrogen) atoms. The quantitative estimate of drug-likeness (QED) is 0.912. The summed E-state index contributed by atoms with van der Waals surface area (Å²) >= 11 is 0. The van der Waals surface area contributed by atoms with Crippen LogP contribution in [0, 0.1) is 5.41 Å². The van der Waals surface area contributed by atoms with E-state index >= 15 is 0 Å². The molecule has 0 saturated carbocycles. The van der Waals surface area contributed by atoms with E-state index in [0.29, 0.717) is 6.54 Å². The van der Waals surface area contributed by atoms with E-state index in [2.05, 4.69) is 4.98 Å². The molecular formula is C15H20N2O3. The molecule has 1 atom stereocenters. The second-order valence-electron chi connectivity index (χ2n) is 5.96. The van der Waals surface area contributed by atoms with Gasteiger partial charge in [0.25, 0.3) is 0 Å². The van der Waals surface area contributed by atoms with Crippen molar-refractivity contribution in [1.82, 2.24) is 9.88 Å². The van der Waals surface area contributed by atoms with Crippen LogP contribution in [-0.4, -0.2) is 39.5 Å². The number of nitrogens with zero attached hydrogens (tertiary/aromatic N) is 2. The Bertz CT molecular complexity index is 499. The van der Waals surface area contributed by atoms with Crippen molar-refractivity contribution in [2.24, 2.45) is 5.41 Å². The van der Waals surface area contributed by atoms with Crippen LogP contribution in [0.3, 0.4) is 0 Å². The number of aromatic nitrogens is 1. The minimum absolute atomic E-state index is 0.141. The molecule has 0 bridgehead atoms. The van der Waals surface area contributed by atoms with Crippen molar-refractivity contribution >= 4 is 11.9 Å². The molecule has 1 aliphatic rings. The van der Waals surface area contributed by atoms with Gasteiger partial charge in [-0.3, -0.25) is 9.78 Å². The zero-order valence-electron chi connectivity index (χ0n) is 11.9. The van der Waals surface area contributed by atoms with E-state index in [-0.39, 0.29) is 12.3 Å². The predicted molar refractivity (Wildman–Crippen MR) is 74.1 cm³/mol. The van der Waals surface area contributed by atoms with Crippen LogP contribution in [0.25, 0.3) is 0 Å². The van der Waals surface area contributed by atoms with Crippen LogP contribution in [0.4, 0.5) is 0 Å². The molecule has 1 aromatic heterocycles. The SMILES string of the molecule is CC1(C)CCCN(C(=O)Cc2cccnc2)C1C(=O)O. The van der Waals surface area contributed by atoms with Crippen molar-refractivity contribution in [3.63, 3.8) is 0 Å². The van der Waals surface area contributed by atoms with Gasteiger partial charge in [-0.05, 0) is 29.9 Å². The third kappa shape index (κ3) is 2.98. The molecule has 0 radical (unpaired) electrons. The van der Waals surface area contributed by atoms with Gasteiger partial charge in [0, 0.05) is 18.9 Å². The summed E-state index contributed by atoms with van der Waals surface area (Å²) in [6, 6.07) is 2.85. The molecule has 1 aromatic rings. The lowest BCUT2D eigenvalue weighted by Gasteiger charge is -2.44. The molecule has 108 valence electrons. The number of carboxylic acid groups (broad SMARTS) is 1. The fourth-order valence-corrected chi connectivity index (χ4v) is 2.91. The van der Waals surface area contributed by atoms with Gasteiger partial charge in [-0.25, -0.2) is 4.79 Å². The summed E-state index contributed by atoms with van der Waals surface area (Å²) < 4.78 is 0. The van der Waals surface area contributed by atoms with Gasteiger partial charge in [0.15, 0.2) is 0 Å². The molecule has 1 unspecified atom stereocenters. The summed E-state index contributed by atoms with van der Waals surface area (Å²) in [5.41, 5.74) is 0.416. The first-order chi connectivity index (χ1) is 9.42. The Kier molecular flexibility index (Phi) is 4.06. The van der Waals surface area contributed by atoms with Crippen LogP contribution in [0.15, 0.2) is 24.5 Å². The molecule has 1 N–H and O–H groups in total. The maximum Gasteiger partial charge on any atom is 0.326 e. The largest absolute Gasteiger partial charge is 0.480 e. The van der Waals surface area contributed by atoms with Crippen LogP contribution in [0.2, 0.25) is 0 Å². The van der Waals surface area contributed by atoms with Gasteiger partial charge in [-0.2, -0.15) is 0 Å². The predicted octanol–water partition coefficient (Wildman–Crippen LogP) is 1.73. The highest BCUT2D eigenvalue weighted by Crippen LogP contribution is 2.35. The van der Waals surface area contributed by atoms with Crippen LogP contribution in [0.1, 0.15) is 32.3 Å². The van der Waals surface area contributed by atoms with Gasteiger partial charge >= 0.3 is 5.97 Å². The van der Waals surface area contributed by atoms with E-state index < -0.39 is 17.4 Å². The Morgan fingerprint density at radius 2 is 2.25 bits per heavy atom. The van der Waals surface area contributed by atoms with Gasteiger partial charge in [0.2, 0.25) is 5.91 Å². The number of aliphatic carboxylic acids is 1. The second-order valence-corrected chi connectivity index (χ2v) is 5.96. The second kappa shape index (κ2) is 5.61. The van der Waals surface area contributed by atoms with Crippen molar-refractivity contribution in [2.45, 2.75) is 39.2 Å². The topological polar surface area (TPSA) is 70.5 Å². The number of piperidine rings is 1. The minimum Gasteiger partial charge on any atom is -0.480 e. The number of hydrogen-bond acceptors (Lipinski definition) is 3. The molecule has 1 fully saturated rings. The molecule has 0 spiro atoms. The first kappa shape index (κ1) is 14.5. The van der Waals surface area contributed by atoms with Crippen LogP contribution < -0.4 is 0 Å². The summed E-state index contributed by atoms with van der Waals surface area (Å²) in [5, 5.41) is 9.45. The number of likely N-dealkylation sites (tertiary alicyclic amines) is 1. The number of pyridine rings is 1. The molecule has 2 rings (SSSR count). The molecule has 1 saturated heterocycles. The van der Waals surface area contributed by atoms with Crippen molar-refractivity contribution in [3.8, 4) is 0 Å². The van der Waals surface area contributed by atoms with E-state index in [9.17, 15) is 14.7 Å². The summed E-state index contributed by atoms with van der Waals surface area (Å²) in [5.74, 6) is -1.06. The average molecular weight is 276 g/mol. The lowest BCUT2D eigenvalue weighted by atomic mass is 9.76. The van der Waals surface area contributed by atoms with Gasteiger partial charge in [0.1, 0.15) is 6.04 Å². The van der Waals surface area contributed by atoms with Gasteiger partial charge in [-0.15, -0.1) is 0 Å². The minimum atomic E-state index is -0.922. The third-order valence-corrected chi connectivity index (χ3v) is 3.90. The molecule has 2 heterocycles. The number of hydrogen-bond donors (Lipinski definition) is 1. The number of carbonyl (C=O) groups is 2. The summed E-state index contributed by atoms with van der Waals surface area (Å²) in [6.07, 6.45) is 5.16. The van der Waals surface area contributed by atoms with E-state index in [4.69, 9.17) is 0 Å². The van der Waals surface area contributed by atoms with Crippen LogP contribution in [-0.2, 0) is 16.0 Å². The van der Waals surface area contributed by atoms with Crippen molar-refractivity contribution < 1.29 is 14.7 Å².